The van der Waals surface area contributed by atoms with Crippen LogP contribution in [0.15, 0.2) is 22.8 Å². The predicted molar refractivity (Wildman–Crippen MR) is 75.7 cm³/mol. The van der Waals surface area contributed by atoms with Gasteiger partial charge in [-0.15, -0.1) is 0 Å². The third-order valence-electron chi connectivity index (χ3n) is 3.19. The summed E-state index contributed by atoms with van der Waals surface area (Å²) in [6.07, 6.45) is 4.96. The van der Waals surface area contributed by atoms with E-state index in [9.17, 15) is 0 Å². The first-order valence-electron chi connectivity index (χ1n) is 6.38. The van der Waals surface area contributed by atoms with E-state index < -0.39 is 0 Å². The Bertz CT molecular complexity index is 579. The lowest BCUT2D eigenvalue weighted by Crippen LogP contribution is -2.22. The van der Waals surface area contributed by atoms with Crippen molar-refractivity contribution in [3.05, 3.63) is 28.5 Å². The van der Waals surface area contributed by atoms with Gasteiger partial charge in [-0.3, -0.25) is 4.40 Å². The molecule has 0 amide bonds. The molecule has 0 aromatic carbocycles. The average molecular weight is 326 g/mol. The molecule has 3 heterocycles. The van der Waals surface area contributed by atoms with Gasteiger partial charge in [0.2, 0.25) is 0 Å². The predicted octanol–water partition coefficient (Wildman–Crippen LogP) is 2.72. The SMILES string of the molecule is Nc1cn2c(COC3CCCCO3)cc(Br)cc2n1. The summed E-state index contributed by atoms with van der Waals surface area (Å²) in [5, 5.41) is 0. The minimum atomic E-state index is -0.0938. The van der Waals surface area contributed by atoms with Gasteiger partial charge in [-0.2, -0.15) is 0 Å². The zero-order chi connectivity index (χ0) is 13.2. The number of fused-ring (bicyclic) bond motifs is 1. The number of rotatable bonds is 3. The van der Waals surface area contributed by atoms with Crippen molar-refractivity contribution >= 4 is 27.4 Å². The number of anilines is 1. The summed E-state index contributed by atoms with van der Waals surface area (Å²) in [4.78, 5) is 4.25. The molecule has 0 spiro atoms. The number of hydrogen-bond acceptors (Lipinski definition) is 4. The molecule has 2 N–H and O–H groups in total. The van der Waals surface area contributed by atoms with Gasteiger partial charge in [-0.05, 0) is 31.4 Å². The molecule has 1 aliphatic rings. The van der Waals surface area contributed by atoms with E-state index in [4.69, 9.17) is 15.2 Å². The first-order valence-corrected chi connectivity index (χ1v) is 7.18. The molecule has 1 aliphatic heterocycles. The Hall–Kier alpha value is -1.11. The van der Waals surface area contributed by atoms with Crippen LogP contribution in [0.3, 0.4) is 0 Å². The Balaban J connectivity index is 1.79. The molecule has 102 valence electrons. The molecule has 1 atom stereocenters. The molecule has 3 rings (SSSR count). The van der Waals surface area contributed by atoms with E-state index in [0.29, 0.717) is 12.4 Å². The Morgan fingerprint density at radius 2 is 2.37 bits per heavy atom. The molecule has 0 aliphatic carbocycles. The summed E-state index contributed by atoms with van der Waals surface area (Å²) in [5.41, 5.74) is 7.55. The van der Waals surface area contributed by atoms with E-state index in [1.807, 2.05) is 22.7 Å². The van der Waals surface area contributed by atoms with Crippen LogP contribution in [0.4, 0.5) is 5.82 Å². The standard InChI is InChI=1S/C13H16BrN3O2/c14-9-5-10(8-19-13-3-1-2-4-18-13)17-7-11(15)16-12(17)6-9/h5-7,13H,1-4,8,15H2. The monoisotopic (exact) mass is 325 g/mol. The van der Waals surface area contributed by atoms with Crippen molar-refractivity contribution in [3.8, 4) is 0 Å². The van der Waals surface area contributed by atoms with Crippen LogP contribution in [0.1, 0.15) is 25.0 Å². The second kappa shape index (κ2) is 5.48. The van der Waals surface area contributed by atoms with Gasteiger partial charge in [-0.25, -0.2) is 4.98 Å². The fraction of sp³-hybridized carbons (Fsp3) is 0.462. The number of halogens is 1. The molecule has 1 fully saturated rings. The second-order valence-corrected chi connectivity index (χ2v) is 5.58. The zero-order valence-corrected chi connectivity index (χ0v) is 12.1. The fourth-order valence-corrected chi connectivity index (χ4v) is 2.74. The third kappa shape index (κ3) is 2.91. The molecule has 0 saturated carbocycles. The van der Waals surface area contributed by atoms with Crippen molar-refractivity contribution in [2.75, 3.05) is 12.3 Å². The zero-order valence-electron chi connectivity index (χ0n) is 10.5. The quantitative estimate of drug-likeness (QED) is 0.942. The first kappa shape index (κ1) is 12.9. The van der Waals surface area contributed by atoms with Crippen LogP contribution in [0.5, 0.6) is 0 Å². The van der Waals surface area contributed by atoms with Crippen LogP contribution in [0.25, 0.3) is 5.65 Å². The molecule has 0 bridgehead atoms. The van der Waals surface area contributed by atoms with E-state index in [1.54, 1.807) is 0 Å². The van der Waals surface area contributed by atoms with Gasteiger partial charge in [0.15, 0.2) is 6.29 Å². The smallest absolute Gasteiger partial charge is 0.158 e. The lowest BCUT2D eigenvalue weighted by Gasteiger charge is -2.22. The number of hydrogen-bond donors (Lipinski definition) is 1. The van der Waals surface area contributed by atoms with Crippen molar-refractivity contribution < 1.29 is 9.47 Å². The maximum atomic E-state index is 5.81. The number of aromatic nitrogens is 2. The fourth-order valence-electron chi connectivity index (χ4n) is 2.27. The molecule has 0 radical (unpaired) electrons. The number of nitrogens with zero attached hydrogens (tertiary/aromatic N) is 2. The van der Waals surface area contributed by atoms with Gasteiger partial charge < -0.3 is 15.2 Å². The lowest BCUT2D eigenvalue weighted by atomic mass is 10.2. The molecule has 5 nitrogen and oxygen atoms in total. The molecule has 6 heteroatoms. The Kier molecular flexibility index (Phi) is 3.72. The number of pyridine rings is 1. The van der Waals surface area contributed by atoms with Crippen LogP contribution in [0.2, 0.25) is 0 Å². The van der Waals surface area contributed by atoms with Gasteiger partial charge >= 0.3 is 0 Å². The van der Waals surface area contributed by atoms with Crippen molar-refractivity contribution in [3.63, 3.8) is 0 Å². The largest absolute Gasteiger partial charge is 0.382 e. The van der Waals surface area contributed by atoms with Crippen molar-refractivity contribution in [2.24, 2.45) is 0 Å². The normalized spacial score (nSPS) is 19.9. The summed E-state index contributed by atoms with van der Waals surface area (Å²) in [6.45, 7) is 1.27. The van der Waals surface area contributed by atoms with E-state index in [1.165, 1.54) is 0 Å². The highest BCUT2D eigenvalue weighted by atomic mass is 79.9. The Morgan fingerprint density at radius 1 is 1.47 bits per heavy atom. The summed E-state index contributed by atoms with van der Waals surface area (Å²) >= 11 is 3.48. The summed E-state index contributed by atoms with van der Waals surface area (Å²) < 4.78 is 14.3. The molecule has 19 heavy (non-hydrogen) atoms. The molecule has 1 saturated heterocycles. The number of ether oxygens (including phenoxy) is 2. The Labute approximate surface area is 119 Å². The highest BCUT2D eigenvalue weighted by Crippen LogP contribution is 2.20. The number of nitrogen functional groups attached to an aromatic ring is 1. The van der Waals surface area contributed by atoms with Crippen LogP contribution < -0.4 is 5.73 Å². The van der Waals surface area contributed by atoms with Gasteiger partial charge in [0.05, 0.1) is 18.5 Å². The highest BCUT2D eigenvalue weighted by molar-refractivity contribution is 9.10. The van der Waals surface area contributed by atoms with Crippen LogP contribution in [0, 0.1) is 0 Å². The van der Waals surface area contributed by atoms with E-state index >= 15 is 0 Å². The minimum absolute atomic E-state index is 0.0938. The summed E-state index contributed by atoms with van der Waals surface area (Å²) in [6, 6.07) is 3.94. The number of nitrogens with two attached hydrogens (primary N) is 1. The van der Waals surface area contributed by atoms with Crippen molar-refractivity contribution in [1.82, 2.24) is 9.38 Å². The average Bonchev–Trinajstić information content (AvgIpc) is 2.77. The third-order valence-corrected chi connectivity index (χ3v) is 3.65. The molecule has 2 aromatic rings. The van der Waals surface area contributed by atoms with Crippen molar-refractivity contribution in [2.45, 2.75) is 32.2 Å². The summed E-state index contributed by atoms with van der Waals surface area (Å²) in [5.74, 6) is 0.508. The maximum absolute atomic E-state index is 5.81. The topological polar surface area (TPSA) is 61.8 Å². The van der Waals surface area contributed by atoms with Crippen LogP contribution in [-0.2, 0) is 16.1 Å². The van der Waals surface area contributed by atoms with Gasteiger partial charge in [0.1, 0.15) is 11.5 Å². The molecular weight excluding hydrogens is 310 g/mol. The van der Waals surface area contributed by atoms with Crippen LogP contribution >= 0.6 is 15.9 Å². The van der Waals surface area contributed by atoms with E-state index in [2.05, 4.69) is 20.9 Å². The highest BCUT2D eigenvalue weighted by Gasteiger charge is 2.15. The van der Waals surface area contributed by atoms with Gasteiger partial charge in [0.25, 0.3) is 0 Å². The number of imidazole rings is 1. The lowest BCUT2D eigenvalue weighted by molar-refractivity contribution is -0.169. The maximum Gasteiger partial charge on any atom is 0.158 e. The Morgan fingerprint density at radius 3 is 3.16 bits per heavy atom. The van der Waals surface area contributed by atoms with Gasteiger partial charge in [0, 0.05) is 11.1 Å². The van der Waals surface area contributed by atoms with Crippen molar-refractivity contribution in [1.29, 1.82) is 0 Å². The molecule has 2 aromatic heterocycles. The molecule has 1 unspecified atom stereocenters. The van der Waals surface area contributed by atoms with Crippen LogP contribution in [-0.4, -0.2) is 22.3 Å². The second-order valence-electron chi connectivity index (χ2n) is 4.67. The summed E-state index contributed by atoms with van der Waals surface area (Å²) in [7, 11) is 0. The van der Waals surface area contributed by atoms with E-state index in [-0.39, 0.29) is 6.29 Å². The first-order chi connectivity index (χ1) is 9.22. The van der Waals surface area contributed by atoms with Gasteiger partial charge in [-0.1, -0.05) is 15.9 Å². The van der Waals surface area contributed by atoms with E-state index in [0.717, 1.165) is 41.7 Å². The molecular formula is C13H16BrN3O2. The minimum Gasteiger partial charge on any atom is -0.382 e.